The van der Waals surface area contributed by atoms with E-state index in [1.807, 2.05) is 0 Å². The van der Waals surface area contributed by atoms with E-state index in [4.69, 9.17) is 0 Å². The van der Waals surface area contributed by atoms with Crippen LogP contribution in [0.4, 0.5) is 0 Å². The third-order valence-corrected chi connectivity index (χ3v) is 7.42. The first-order valence-corrected chi connectivity index (χ1v) is 10.3. The summed E-state index contributed by atoms with van der Waals surface area (Å²) in [4.78, 5) is 0. The van der Waals surface area contributed by atoms with Gasteiger partial charge in [-0.05, 0) is 51.5 Å². The first-order valence-electron chi connectivity index (χ1n) is 9.55. The largest absolute Gasteiger partial charge is 0.0691 e. The Hall–Kier alpha value is -2.38. The molecule has 0 heterocycles. The normalized spacial score (nSPS) is 23.2. The molecule has 1 heteroatoms. The summed E-state index contributed by atoms with van der Waals surface area (Å²) in [6, 6.07) is 27.1. The van der Waals surface area contributed by atoms with Gasteiger partial charge in [0.05, 0.1) is 5.41 Å². The first-order chi connectivity index (χ1) is 13.2. The Kier molecular flexibility index (Phi) is 2.96. The molecule has 3 aromatic rings. The quantitative estimate of drug-likeness (QED) is 0.378. The van der Waals surface area contributed by atoms with E-state index in [-0.39, 0.29) is 10.8 Å². The summed E-state index contributed by atoms with van der Waals surface area (Å²) < 4.78 is 1.20. The first kappa shape index (κ1) is 15.7. The van der Waals surface area contributed by atoms with Gasteiger partial charge >= 0.3 is 0 Å². The molecule has 1 unspecified atom stereocenters. The molecule has 1 atom stereocenters. The van der Waals surface area contributed by atoms with Crippen molar-refractivity contribution in [1.29, 1.82) is 0 Å². The fraction of sp³-hybridized carbons (Fsp3) is 0.154. The molecular weight excluding hydrogens is 392 g/mol. The maximum atomic E-state index is 3.79. The Labute approximate surface area is 168 Å². The second-order valence-corrected chi connectivity index (χ2v) is 8.99. The molecule has 0 saturated carbocycles. The highest BCUT2D eigenvalue weighted by Crippen LogP contribution is 2.67. The molecule has 3 aliphatic rings. The topological polar surface area (TPSA) is 0 Å². The highest BCUT2D eigenvalue weighted by molar-refractivity contribution is 9.11. The fourth-order valence-electron chi connectivity index (χ4n) is 5.80. The van der Waals surface area contributed by atoms with E-state index in [0.717, 1.165) is 6.42 Å². The standard InChI is InChI=1S/C26H19Br/c1-25-15-14-17(27)16-24(25)26(23-13-7-6-12-22(23)25)20-10-4-2-8-18(20)19-9-3-5-11-21(19)26/h2-14,16H,15H2,1H3. The van der Waals surface area contributed by atoms with Gasteiger partial charge in [0, 0.05) is 9.90 Å². The molecule has 0 aromatic heterocycles. The van der Waals surface area contributed by atoms with Crippen molar-refractivity contribution in [2.45, 2.75) is 24.2 Å². The fourth-order valence-corrected chi connectivity index (χ4v) is 6.19. The number of fused-ring (bicyclic) bond motifs is 10. The Balaban J connectivity index is 1.85. The van der Waals surface area contributed by atoms with Gasteiger partial charge in [-0.3, -0.25) is 0 Å². The second-order valence-electron chi connectivity index (χ2n) is 8.07. The van der Waals surface area contributed by atoms with Crippen LogP contribution < -0.4 is 0 Å². The van der Waals surface area contributed by atoms with E-state index in [0.29, 0.717) is 0 Å². The van der Waals surface area contributed by atoms with Crippen LogP contribution in [-0.4, -0.2) is 0 Å². The molecule has 6 rings (SSSR count). The van der Waals surface area contributed by atoms with Crippen LogP contribution in [0.3, 0.4) is 0 Å². The van der Waals surface area contributed by atoms with Crippen molar-refractivity contribution in [2.75, 3.05) is 0 Å². The third-order valence-electron chi connectivity index (χ3n) is 6.86. The molecule has 0 saturated heterocycles. The number of benzene rings is 3. The van der Waals surface area contributed by atoms with E-state index in [1.54, 1.807) is 0 Å². The SMILES string of the molecule is CC12CC=C(Br)C=C1C1(c3ccccc3-c3ccccc31)c1ccccc12. The molecular formula is C26H19Br. The maximum absolute atomic E-state index is 3.79. The summed E-state index contributed by atoms with van der Waals surface area (Å²) in [6.45, 7) is 2.42. The molecule has 0 nitrogen and oxygen atoms in total. The monoisotopic (exact) mass is 410 g/mol. The summed E-state index contributed by atoms with van der Waals surface area (Å²) in [5.74, 6) is 0. The molecule has 27 heavy (non-hydrogen) atoms. The molecule has 0 bridgehead atoms. The zero-order chi connectivity index (χ0) is 18.2. The number of hydrogen-bond acceptors (Lipinski definition) is 0. The molecule has 0 radical (unpaired) electrons. The van der Waals surface area contributed by atoms with Gasteiger partial charge < -0.3 is 0 Å². The van der Waals surface area contributed by atoms with Crippen LogP contribution >= 0.6 is 15.9 Å². The predicted molar refractivity (Wildman–Crippen MR) is 115 cm³/mol. The van der Waals surface area contributed by atoms with Gasteiger partial charge in [-0.15, -0.1) is 0 Å². The lowest BCUT2D eigenvalue weighted by atomic mass is 9.65. The van der Waals surface area contributed by atoms with Gasteiger partial charge in [-0.1, -0.05) is 102 Å². The predicted octanol–water partition coefficient (Wildman–Crippen LogP) is 6.88. The van der Waals surface area contributed by atoms with Gasteiger partial charge in [-0.25, -0.2) is 0 Å². The number of halogens is 1. The van der Waals surface area contributed by atoms with Crippen molar-refractivity contribution in [3.63, 3.8) is 0 Å². The molecule has 3 aliphatic carbocycles. The van der Waals surface area contributed by atoms with Gasteiger partial charge in [0.2, 0.25) is 0 Å². The number of rotatable bonds is 0. The van der Waals surface area contributed by atoms with E-state index >= 15 is 0 Å². The molecule has 3 aromatic carbocycles. The summed E-state index contributed by atoms with van der Waals surface area (Å²) in [6.07, 6.45) is 5.75. The van der Waals surface area contributed by atoms with E-state index < -0.39 is 0 Å². The Bertz CT molecular complexity index is 1130. The van der Waals surface area contributed by atoms with Gasteiger partial charge in [0.1, 0.15) is 0 Å². The minimum absolute atomic E-state index is 0.0262. The van der Waals surface area contributed by atoms with Gasteiger partial charge in [0.25, 0.3) is 0 Å². The van der Waals surface area contributed by atoms with Crippen molar-refractivity contribution >= 4 is 15.9 Å². The Morgan fingerprint density at radius 1 is 0.704 bits per heavy atom. The zero-order valence-corrected chi connectivity index (χ0v) is 16.8. The third kappa shape index (κ3) is 1.70. The van der Waals surface area contributed by atoms with Crippen molar-refractivity contribution in [3.05, 3.63) is 117 Å². The summed E-state index contributed by atoms with van der Waals surface area (Å²) in [7, 11) is 0. The highest BCUT2D eigenvalue weighted by atomic mass is 79.9. The summed E-state index contributed by atoms with van der Waals surface area (Å²) in [5.41, 5.74) is 9.86. The van der Waals surface area contributed by atoms with Crippen molar-refractivity contribution in [2.24, 2.45) is 0 Å². The van der Waals surface area contributed by atoms with Crippen LogP contribution in [0.15, 0.2) is 95.0 Å². The smallest absolute Gasteiger partial charge is 0.0688 e. The zero-order valence-electron chi connectivity index (χ0n) is 15.2. The lowest BCUT2D eigenvalue weighted by Gasteiger charge is -2.37. The van der Waals surface area contributed by atoms with Crippen LogP contribution in [-0.2, 0) is 10.8 Å². The van der Waals surface area contributed by atoms with Gasteiger partial charge in [-0.2, -0.15) is 0 Å². The maximum Gasteiger partial charge on any atom is 0.0688 e. The van der Waals surface area contributed by atoms with Gasteiger partial charge in [0.15, 0.2) is 0 Å². The molecule has 130 valence electrons. The summed E-state index contributed by atoms with van der Waals surface area (Å²) >= 11 is 3.79. The summed E-state index contributed by atoms with van der Waals surface area (Å²) in [5, 5.41) is 0. The van der Waals surface area contributed by atoms with E-state index in [2.05, 4.69) is 108 Å². The second kappa shape index (κ2) is 5.11. The lowest BCUT2D eigenvalue weighted by molar-refractivity contribution is 0.543. The average molecular weight is 411 g/mol. The van der Waals surface area contributed by atoms with Crippen molar-refractivity contribution < 1.29 is 0 Å². The van der Waals surface area contributed by atoms with Crippen LogP contribution in [0.25, 0.3) is 11.1 Å². The number of allylic oxidation sites excluding steroid dienone is 4. The molecule has 0 amide bonds. The van der Waals surface area contributed by atoms with Crippen molar-refractivity contribution in [1.82, 2.24) is 0 Å². The molecule has 0 fully saturated rings. The van der Waals surface area contributed by atoms with E-state index in [1.165, 1.54) is 43.4 Å². The Morgan fingerprint density at radius 3 is 1.85 bits per heavy atom. The van der Waals surface area contributed by atoms with Crippen molar-refractivity contribution in [3.8, 4) is 11.1 Å². The van der Waals surface area contributed by atoms with Crippen LogP contribution in [0.5, 0.6) is 0 Å². The Morgan fingerprint density at radius 2 is 1.22 bits per heavy atom. The number of hydrogen-bond donors (Lipinski definition) is 0. The lowest BCUT2D eigenvalue weighted by Crippen LogP contribution is -2.32. The minimum atomic E-state index is -0.189. The molecule has 1 spiro atoms. The molecule has 0 aliphatic heterocycles. The van der Waals surface area contributed by atoms with E-state index in [9.17, 15) is 0 Å². The average Bonchev–Trinajstić information content (AvgIpc) is 3.13. The van der Waals surface area contributed by atoms with Crippen LogP contribution in [0.2, 0.25) is 0 Å². The highest BCUT2D eigenvalue weighted by Gasteiger charge is 2.59. The minimum Gasteiger partial charge on any atom is -0.0691 e. The molecule has 0 N–H and O–H groups in total. The van der Waals surface area contributed by atoms with Crippen LogP contribution in [0, 0.1) is 0 Å². The van der Waals surface area contributed by atoms with Crippen LogP contribution in [0.1, 0.15) is 35.6 Å².